The quantitative estimate of drug-likeness (QED) is 0.467. The summed E-state index contributed by atoms with van der Waals surface area (Å²) in [6.07, 6.45) is 0. The van der Waals surface area contributed by atoms with Crippen LogP contribution in [0.5, 0.6) is 0 Å². The fourth-order valence-electron chi connectivity index (χ4n) is 0.547. The van der Waals surface area contributed by atoms with Gasteiger partial charge in [-0.15, -0.1) is 0 Å². The van der Waals surface area contributed by atoms with Crippen molar-refractivity contribution < 1.29 is 4.74 Å². The lowest BCUT2D eigenvalue weighted by atomic mass is 9.99. The van der Waals surface area contributed by atoms with Gasteiger partial charge in [-0.1, -0.05) is 20.8 Å². The molecule has 0 amide bonds. The van der Waals surface area contributed by atoms with Crippen LogP contribution in [0.15, 0.2) is 0 Å². The highest BCUT2D eigenvalue weighted by Crippen LogP contribution is 2.08. The van der Waals surface area contributed by atoms with Crippen LogP contribution in [0.2, 0.25) is 0 Å². The molecule has 0 aromatic heterocycles. The molecular weight excluding hydrogens is 140 g/mol. The van der Waals surface area contributed by atoms with Crippen LogP contribution < -0.4 is 5.73 Å². The van der Waals surface area contributed by atoms with Crippen LogP contribution >= 0.6 is 0 Å². The van der Waals surface area contributed by atoms with Gasteiger partial charge in [0, 0.05) is 6.61 Å². The molecule has 0 saturated heterocycles. The van der Waals surface area contributed by atoms with Gasteiger partial charge >= 0.3 is 0 Å². The average Bonchev–Trinajstić information content (AvgIpc) is 1.86. The van der Waals surface area contributed by atoms with E-state index in [0.717, 1.165) is 0 Å². The second-order valence-electron chi connectivity index (χ2n) is 3.26. The van der Waals surface area contributed by atoms with Crippen molar-refractivity contribution in [3.63, 3.8) is 0 Å². The summed E-state index contributed by atoms with van der Waals surface area (Å²) in [6, 6.07) is 0. The molecule has 1 unspecified atom stereocenters. The van der Waals surface area contributed by atoms with Gasteiger partial charge in [0.1, 0.15) is 12.4 Å². The van der Waals surface area contributed by atoms with Gasteiger partial charge in [-0.2, -0.15) is 0 Å². The summed E-state index contributed by atoms with van der Waals surface area (Å²) in [5, 5.41) is 6.90. The molecule has 0 bridgehead atoms. The molecule has 0 rings (SSSR count). The van der Waals surface area contributed by atoms with Crippen LogP contribution in [0.1, 0.15) is 20.8 Å². The third-order valence-electron chi connectivity index (χ3n) is 1.78. The second kappa shape index (κ2) is 5.13. The van der Waals surface area contributed by atoms with E-state index in [1.165, 1.54) is 0 Å². The molecule has 0 radical (unpaired) electrons. The van der Waals surface area contributed by atoms with Crippen LogP contribution in [0, 0.1) is 17.2 Å². The van der Waals surface area contributed by atoms with Gasteiger partial charge in [0.15, 0.2) is 0 Å². The Labute approximate surface area is 68.4 Å². The Hall–Kier alpha value is -0.570. The van der Waals surface area contributed by atoms with E-state index in [9.17, 15) is 0 Å². The Balaban J connectivity index is 3.31. The van der Waals surface area contributed by atoms with E-state index < -0.39 is 0 Å². The van der Waals surface area contributed by atoms with Gasteiger partial charge in [-0.05, 0) is 11.8 Å². The molecule has 0 fully saturated rings. The Kier molecular flexibility index (Phi) is 4.86. The van der Waals surface area contributed by atoms with Crippen molar-refractivity contribution in [3.05, 3.63) is 0 Å². The Morgan fingerprint density at radius 3 is 2.36 bits per heavy atom. The second-order valence-corrected chi connectivity index (χ2v) is 3.26. The molecular formula is C8H18N2O. The van der Waals surface area contributed by atoms with Crippen LogP contribution in [-0.4, -0.2) is 19.0 Å². The van der Waals surface area contributed by atoms with E-state index in [4.69, 9.17) is 15.9 Å². The highest BCUT2D eigenvalue weighted by molar-refractivity contribution is 5.78. The van der Waals surface area contributed by atoms with Crippen molar-refractivity contribution in [3.8, 4) is 0 Å². The first-order chi connectivity index (χ1) is 5.04. The van der Waals surface area contributed by atoms with E-state index >= 15 is 0 Å². The number of hydrogen-bond donors (Lipinski definition) is 2. The summed E-state index contributed by atoms with van der Waals surface area (Å²) in [6.45, 7) is 7.39. The summed E-state index contributed by atoms with van der Waals surface area (Å²) in [5.41, 5.74) is 5.11. The zero-order valence-electron chi connectivity index (χ0n) is 7.55. The molecule has 0 heterocycles. The van der Waals surface area contributed by atoms with Crippen molar-refractivity contribution >= 4 is 5.84 Å². The molecule has 0 spiro atoms. The summed E-state index contributed by atoms with van der Waals surface area (Å²) in [7, 11) is 0. The molecule has 0 aliphatic heterocycles. The third-order valence-corrected chi connectivity index (χ3v) is 1.78. The van der Waals surface area contributed by atoms with E-state index in [2.05, 4.69) is 20.8 Å². The Morgan fingerprint density at radius 1 is 1.45 bits per heavy atom. The topological polar surface area (TPSA) is 59.1 Å². The summed E-state index contributed by atoms with van der Waals surface area (Å²) in [4.78, 5) is 0. The lowest BCUT2D eigenvalue weighted by Crippen LogP contribution is -2.20. The molecule has 0 aromatic carbocycles. The minimum Gasteiger partial charge on any atom is -0.386 e. The normalized spacial score (nSPS) is 13.5. The zero-order valence-corrected chi connectivity index (χ0v) is 7.55. The number of nitrogens with one attached hydrogen (secondary N) is 1. The predicted octanol–water partition coefficient (Wildman–Crippen LogP) is 1.23. The number of rotatable bonds is 5. The monoisotopic (exact) mass is 158 g/mol. The summed E-state index contributed by atoms with van der Waals surface area (Å²) >= 11 is 0. The third kappa shape index (κ3) is 5.85. The van der Waals surface area contributed by atoms with Crippen molar-refractivity contribution in [2.45, 2.75) is 20.8 Å². The molecule has 11 heavy (non-hydrogen) atoms. The summed E-state index contributed by atoms with van der Waals surface area (Å²) in [5.74, 6) is 1.26. The maximum atomic E-state index is 6.90. The van der Waals surface area contributed by atoms with Crippen molar-refractivity contribution in [2.24, 2.45) is 17.6 Å². The minimum absolute atomic E-state index is 0.0981. The minimum atomic E-state index is 0.0981. The highest BCUT2D eigenvalue weighted by Gasteiger charge is 2.06. The smallest absolute Gasteiger partial charge is 0.117 e. The van der Waals surface area contributed by atoms with E-state index in [1.54, 1.807) is 0 Å². The molecule has 0 saturated carbocycles. The van der Waals surface area contributed by atoms with Gasteiger partial charge in [0.25, 0.3) is 0 Å². The standard InChI is InChI=1S/C8H18N2O/c1-6(2)7(3)4-11-5-8(9)10/h6-7H,4-5H2,1-3H3,(H3,9,10). The van der Waals surface area contributed by atoms with Gasteiger partial charge in [-0.3, -0.25) is 5.41 Å². The van der Waals surface area contributed by atoms with Crippen molar-refractivity contribution in [1.82, 2.24) is 0 Å². The molecule has 3 nitrogen and oxygen atoms in total. The van der Waals surface area contributed by atoms with Crippen LogP contribution in [-0.2, 0) is 4.74 Å². The van der Waals surface area contributed by atoms with Crippen LogP contribution in [0.25, 0.3) is 0 Å². The van der Waals surface area contributed by atoms with E-state index in [-0.39, 0.29) is 12.4 Å². The molecule has 1 atom stereocenters. The fourth-order valence-corrected chi connectivity index (χ4v) is 0.547. The van der Waals surface area contributed by atoms with Gasteiger partial charge < -0.3 is 10.5 Å². The average molecular weight is 158 g/mol. The lowest BCUT2D eigenvalue weighted by Gasteiger charge is -2.14. The van der Waals surface area contributed by atoms with E-state index in [0.29, 0.717) is 18.4 Å². The van der Waals surface area contributed by atoms with E-state index in [1.807, 2.05) is 0 Å². The SMILES string of the molecule is CC(C)C(C)COCC(=N)N. The maximum absolute atomic E-state index is 6.90. The van der Waals surface area contributed by atoms with Gasteiger partial charge in [0.05, 0.1) is 0 Å². The molecule has 3 N–H and O–H groups in total. The predicted molar refractivity (Wildman–Crippen MR) is 46.7 cm³/mol. The first-order valence-electron chi connectivity index (χ1n) is 3.94. The van der Waals surface area contributed by atoms with Gasteiger partial charge in [-0.25, -0.2) is 0 Å². The largest absolute Gasteiger partial charge is 0.386 e. The summed E-state index contributed by atoms with van der Waals surface area (Å²) < 4.78 is 5.17. The number of nitrogens with two attached hydrogens (primary N) is 1. The molecule has 66 valence electrons. The maximum Gasteiger partial charge on any atom is 0.117 e. The Bertz CT molecular complexity index is 123. The molecule has 0 aromatic rings. The molecule has 3 heteroatoms. The van der Waals surface area contributed by atoms with Crippen molar-refractivity contribution in [1.29, 1.82) is 5.41 Å². The Morgan fingerprint density at radius 2 is 2.00 bits per heavy atom. The zero-order chi connectivity index (χ0) is 8.85. The first-order valence-corrected chi connectivity index (χ1v) is 3.94. The first kappa shape index (κ1) is 10.4. The number of amidine groups is 1. The molecule has 0 aliphatic carbocycles. The lowest BCUT2D eigenvalue weighted by molar-refractivity contribution is 0.118. The number of ether oxygens (including phenoxy) is 1. The van der Waals surface area contributed by atoms with Gasteiger partial charge in [0.2, 0.25) is 0 Å². The van der Waals surface area contributed by atoms with Crippen LogP contribution in [0.3, 0.4) is 0 Å². The van der Waals surface area contributed by atoms with Crippen LogP contribution in [0.4, 0.5) is 0 Å². The number of hydrogen-bond acceptors (Lipinski definition) is 2. The van der Waals surface area contributed by atoms with Crippen molar-refractivity contribution in [2.75, 3.05) is 13.2 Å². The fraction of sp³-hybridized carbons (Fsp3) is 0.875. The molecule has 0 aliphatic rings. The highest BCUT2D eigenvalue weighted by atomic mass is 16.5.